The molecule has 1 atom stereocenters. The van der Waals surface area contributed by atoms with Crippen molar-refractivity contribution in [2.45, 2.75) is 31.7 Å². The van der Waals surface area contributed by atoms with E-state index in [4.69, 9.17) is 4.42 Å². The average Bonchev–Trinajstić information content (AvgIpc) is 2.74. The van der Waals surface area contributed by atoms with Crippen LogP contribution in [0.25, 0.3) is 0 Å². The van der Waals surface area contributed by atoms with Crippen molar-refractivity contribution >= 4 is 9.84 Å². The van der Waals surface area contributed by atoms with Crippen LogP contribution in [0.5, 0.6) is 0 Å². The van der Waals surface area contributed by atoms with E-state index in [1.807, 2.05) is 19.2 Å². The first kappa shape index (κ1) is 14.3. The van der Waals surface area contributed by atoms with E-state index in [0.29, 0.717) is 12.5 Å². The summed E-state index contributed by atoms with van der Waals surface area (Å²) in [6.45, 7) is 0. The highest BCUT2D eigenvalue weighted by atomic mass is 32.2. The number of hydrogen-bond acceptors (Lipinski definition) is 4. The fourth-order valence-electron chi connectivity index (χ4n) is 1.80. The molecule has 5 heteroatoms. The van der Waals surface area contributed by atoms with Crippen LogP contribution < -0.4 is 5.32 Å². The molecular weight excluding hydrogens is 238 g/mol. The van der Waals surface area contributed by atoms with E-state index in [1.54, 1.807) is 6.26 Å². The predicted octanol–water partition coefficient (Wildman–Crippen LogP) is 1.62. The van der Waals surface area contributed by atoms with Gasteiger partial charge in [0.15, 0.2) is 0 Å². The summed E-state index contributed by atoms with van der Waals surface area (Å²) < 4.78 is 27.3. The topological polar surface area (TPSA) is 59.3 Å². The third kappa shape index (κ3) is 6.48. The lowest BCUT2D eigenvalue weighted by Crippen LogP contribution is -2.26. The molecular formula is C12H21NO3S. The predicted molar refractivity (Wildman–Crippen MR) is 68.8 cm³/mol. The number of aryl methyl sites for hydroxylation is 1. The van der Waals surface area contributed by atoms with Gasteiger partial charge >= 0.3 is 0 Å². The summed E-state index contributed by atoms with van der Waals surface area (Å²) in [4.78, 5) is 0. The maximum atomic E-state index is 11.0. The molecule has 0 aromatic carbocycles. The van der Waals surface area contributed by atoms with Crippen LogP contribution in [-0.4, -0.2) is 33.5 Å². The van der Waals surface area contributed by atoms with Gasteiger partial charge in [-0.1, -0.05) is 0 Å². The Morgan fingerprint density at radius 1 is 1.41 bits per heavy atom. The molecule has 98 valence electrons. The van der Waals surface area contributed by atoms with E-state index in [2.05, 4.69) is 5.32 Å². The Labute approximate surface area is 103 Å². The minimum atomic E-state index is -2.83. The molecule has 17 heavy (non-hydrogen) atoms. The van der Waals surface area contributed by atoms with E-state index in [1.165, 1.54) is 6.26 Å². The van der Waals surface area contributed by atoms with Gasteiger partial charge in [0, 0.05) is 24.5 Å². The van der Waals surface area contributed by atoms with E-state index in [9.17, 15) is 8.42 Å². The molecule has 0 aliphatic rings. The number of furan rings is 1. The quantitative estimate of drug-likeness (QED) is 0.771. The van der Waals surface area contributed by atoms with Gasteiger partial charge in [-0.2, -0.15) is 0 Å². The van der Waals surface area contributed by atoms with Crippen molar-refractivity contribution in [1.29, 1.82) is 0 Å². The highest BCUT2D eigenvalue weighted by Gasteiger charge is 2.09. The van der Waals surface area contributed by atoms with Crippen molar-refractivity contribution in [3.05, 3.63) is 24.2 Å². The molecule has 0 aliphatic heterocycles. The van der Waals surface area contributed by atoms with Gasteiger partial charge in [-0.25, -0.2) is 8.42 Å². The van der Waals surface area contributed by atoms with E-state index >= 15 is 0 Å². The van der Waals surface area contributed by atoms with Crippen LogP contribution in [0.3, 0.4) is 0 Å². The summed E-state index contributed by atoms with van der Waals surface area (Å²) in [5.74, 6) is 1.25. The van der Waals surface area contributed by atoms with Crippen LogP contribution in [0.1, 0.15) is 25.0 Å². The van der Waals surface area contributed by atoms with Crippen molar-refractivity contribution in [3.63, 3.8) is 0 Å². The van der Waals surface area contributed by atoms with Gasteiger partial charge < -0.3 is 9.73 Å². The van der Waals surface area contributed by atoms with Gasteiger partial charge in [0.2, 0.25) is 0 Å². The second-order valence-electron chi connectivity index (χ2n) is 4.38. The SMILES string of the molecule is CNC(CCCS(C)(=O)=O)CCc1ccco1. The number of hydrogen-bond donors (Lipinski definition) is 1. The van der Waals surface area contributed by atoms with Crippen LogP contribution in [0.4, 0.5) is 0 Å². The number of sulfone groups is 1. The molecule has 1 aromatic rings. The number of nitrogens with one attached hydrogen (secondary N) is 1. The highest BCUT2D eigenvalue weighted by Crippen LogP contribution is 2.09. The minimum absolute atomic E-state index is 0.270. The normalized spacial score (nSPS) is 13.8. The first-order chi connectivity index (χ1) is 8.01. The minimum Gasteiger partial charge on any atom is -0.469 e. The molecule has 0 radical (unpaired) electrons. The summed E-state index contributed by atoms with van der Waals surface area (Å²) in [5.41, 5.74) is 0. The molecule has 0 spiro atoms. The Balaban J connectivity index is 2.24. The Bertz CT molecular complexity index is 397. The van der Waals surface area contributed by atoms with Crippen molar-refractivity contribution in [2.24, 2.45) is 0 Å². The zero-order valence-corrected chi connectivity index (χ0v) is 11.3. The fourth-order valence-corrected chi connectivity index (χ4v) is 2.49. The third-order valence-corrected chi connectivity index (χ3v) is 3.83. The Kier molecular flexibility index (Phi) is 5.71. The Morgan fingerprint density at radius 2 is 2.18 bits per heavy atom. The van der Waals surface area contributed by atoms with E-state index in [-0.39, 0.29) is 5.75 Å². The highest BCUT2D eigenvalue weighted by molar-refractivity contribution is 7.90. The van der Waals surface area contributed by atoms with Gasteiger partial charge in [0.05, 0.1) is 6.26 Å². The van der Waals surface area contributed by atoms with Crippen LogP contribution in [0.2, 0.25) is 0 Å². The molecule has 0 saturated carbocycles. The lowest BCUT2D eigenvalue weighted by atomic mass is 10.1. The molecule has 1 aromatic heterocycles. The molecule has 1 unspecified atom stereocenters. The average molecular weight is 259 g/mol. The second-order valence-corrected chi connectivity index (χ2v) is 6.64. The third-order valence-electron chi connectivity index (χ3n) is 2.80. The first-order valence-corrected chi connectivity index (χ1v) is 7.94. The summed E-state index contributed by atoms with van der Waals surface area (Å²) in [7, 11) is -0.922. The van der Waals surface area contributed by atoms with Gasteiger partial charge in [0.1, 0.15) is 15.6 Å². The lowest BCUT2D eigenvalue weighted by Gasteiger charge is -2.14. The zero-order chi connectivity index (χ0) is 12.7. The van der Waals surface area contributed by atoms with Gasteiger partial charge in [0.25, 0.3) is 0 Å². The van der Waals surface area contributed by atoms with E-state index in [0.717, 1.165) is 25.0 Å². The van der Waals surface area contributed by atoms with Gasteiger partial charge in [-0.15, -0.1) is 0 Å². The van der Waals surface area contributed by atoms with Crippen molar-refractivity contribution in [3.8, 4) is 0 Å². The maximum Gasteiger partial charge on any atom is 0.147 e. The van der Waals surface area contributed by atoms with Crippen LogP contribution >= 0.6 is 0 Å². The van der Waals surface area contributed by atoms with Crippen molar-refractivity contribution in [2.75, 3.05) is 19.1 Å². The maximum absolute atomic E-state index is 11.0. The van der Waals surface area contributed by atoms with E-state index < -0.39 is 9.84 Å². The summed E-state index contributed by atoms with van der Waals surface area (Å²) >= 11 is 0. The van der Waals surface area contributed by atoms with Crippen LogP contribution in [-0.2, 0) is 16.3 Å². The van der Waals surface area contributed by atoms with Crippen LogP contribution in [0.15, 0.2) is 22.8 Å². The monoisotopic (exact) mass is 259 g/mol. The van der Waals surface area contributed by atoms with Gasteiger partial charge in [-0.3, -0.25) is 0 Å². The fraction of sp³-hybridized carbons (Fsp3) is 0.667. The first-order valence-electron chi connectivity index (χ1n) is 5.88. The molecule has 0 fully saturated rings. The van der Waals surface area contributed by atoms with Crippen molar-refractivity contribution in [1.82, 2.24) is 5.32 Å². The largest absolute Gasteiger partial charge is 0.469 e. The molecule has 0 saturated heterocycles. The summed E-state index contributed by atoms with van der Waals surface area (Å²) in [6.07, 6.45) is 6.40. The smallest absolute Gasteiger partial charge is 0.147 e. The summed E-state index contributed by atoms with van der Waals surface area (Å²) in [5, 5.41) is 3.21. The molecule has 1 N–H and O–H groups in total. The standard InChI is InChI=1S/C12H21NO3S/c1-13-11(5-4-10-17(2,14)15)7-8-12-6-3-9-16-12/h3,6,9,11,13H,4-5,7-8,10H2,1-2H3. The van der Waals surface area contributed by atoms with Gasteiger partial charge in [-0.05, 0) is 38.4 Å². The number of rotatable bonds is 8. The second kappa shape index (κ2) is 6.81. The molecule has 4 nitrogen and oxygen atoms in total. The van der Waals surface area contributed by atoms with Crippen LogP contribution in [0, 0.1) is 0 Å². The summed E-state index contributed by atoms with van der Waals surface area (Å²) in [6, 6.07) is 4.19. The lowest BCUT2D eigenvalue weighted by molar-refractivity contribution is 0.443. The molecule has 1 rings (SSSR count). The molecule has 0 amide bonds. The Hall–Kier alpha value is -0.810. The zero-order valence-electron chi connectivity index (χ0n) is 10.5. The molecule has 0 bridgehead atoms. The van der Waals surface area contributed by atoms with Crippen molar-refractivity contribution < 1.29 is 12.8 Å². The molecule has 1 heterocycles. The molecule has 0 aliphatic carbocycles. The Morgan fingerprint density at radius 3 is 2.71 bits per heavy atom.